The molecule has 3 aromatic rings. The van der Waals surface area contributed by atoms with Gasteiger partial charge in [0, 0.05) is 11.3 Å². The fraction of sp³-hybridized carbons (Fsp3) is 0.185. The molecular formula is C27H25F3N2O4. The number of allylic oxidation sites excluding steroid dienone is 1. The third kappa shape index (κ3) is 7.11. The fourth-order valence-electron chi connectivity index (χ4n) is 3.46. The molecule has 188 valence electrons. The first-order valence-corrected chi connectivity index (χ1v) is 10.9. The molecule has 0 aliphatic rings. The Bertz CT molecular complexity index is 1200. The normalized spacial score (nSPS) is 11.8. The number of halogens is 3. The van der Waals surface area contributed by atoms with E-state index in [4.69, 9.17) is 9.47 Å². The predicted molar refractivity (Wildman–Crippen MR) is 128 cm³/mol. The van der Waals surface area contributed by atoms with Crippen LogP contribution in [0, 0.1) is 0 Å². The summed E-state index contributed by atoms with van der Waals surface area (Å²) in [5.41, 5.74) is 1.40. The summed E-state index contributed by atoms with van der Waals surface area (Å²) in [6, 6.07) is 23.3. The Morgan fingerprint density at radius 1 is 0.861 bits per heavy atom. The Morgan fingerprint density at radius 3 is 2.00 bits per heavy atom. The van der Waals surface area contributed by atoms with E-state index in [-0.39, 0.29) is 18.0 Å². The third-order valence-electron chi connectivity index (χ3n) is 5.16. The second-order valence-corrected chi connectivity index (χ2v) is 7.76. The van der Waals surface area contributed by atoms with Gasteiger partial charge in [0.2, 0.25) is 0 Å². The largest absolute Gasteiger partial charge is 0.497 e. The first kappa shape index (κ1) is 26.3. The summed E-state index contributed by atoms with van der Waals surface area (Å²) >= 11 is 0. The van der Waals surface area contributed by atoms with Crippen molar-refractivity contribution in [2.24, 2.45) is 0 Å². The minimum absolute atomic E-state index is 0.0189. The van der Waals surface area contributed by atoms with Gasteiger partial charge in [-0.05, 0) is 30.2 Å². The molecule has 1 N–H and O–H groups in total. The molecule has 6 nitrogen and oxygen atoms in total. The van der Waals surface area contributed by atoms with E-state index < -0.39 is 24.7 Å². The number of hydrogen-bond donors (Lipinski definition) is 1. The number of benzene rings is 3. The van der Waals surface area contributed by atoms with E-state index in [0.717, 1.165) is 5.56 Å². The van der Waals surface area contributed by atoms with Gasteiger partial charge in [-0.2, -0.15) is 13.2 Å². The van der Waals surface area contributed by atoms with Gasteiger partial charge in [-0.1, -0.05) is 72.8 Å². The van der Waals surface area contributed by atoms with E-state index in [1.54, 1.807) is 78.9 Å². The van der Waals surface area contributed by atoms with Gasteiger partial charge in [0.05, 0.1) is 19.4 Å². The van der Waals surface area contributed by atoms with E-state index in [1.165, 1.54) is 14.0 Å². The highest BCUT2D eigenvalue weighted by atomic mass is 19.4. The molecule has 0 atom stereocenters. The summed E-state index contributed by atoms with van der Waals surface area (Å²) in [6.45, 7) is 0.985. The smallest absolute Gasteiger partial charge is 0.471 e. The highest BCUT2D eigenvalue weighted by Gasteiger charge is 2.44. The molecule has 0 aliphatic carbocycles. The Kier molecular flexibility index (Phi) is 8.72. The molecule has 0 saturated carbocycles. The molecular weight excluding hydrogens is 473 g/mol. The number of alkyl halides is 3. The number of carbonyl (C=O) groups excluding carboxylic acids is 2. The zero-order valence-electron chi connectivity index (χ0n) is 19.7. The average molecular weight is 499 g/mol. The van der Waals surface area contributed by atoms with Crippen molar-refractivity contribution in [3.05, 3.63) is 107 Å². The predicted octanol–water partition coefficient (Wildman–Crippen LogP) is 5.90. The van der Waals surface area contributed by atoms with Crippen molar-refractivity contribution < 1.29 is 32.2 Å². The van der Waals surface area contributed by atoms with E-state index in [0.29, 0.717) is 21.8 Å². The standard InChI is InChI=1S/C27H25F3N2O4/c1-19(31-26(34)36-18-21-9-5-3-6-10-21)24(22-11-7-4-8-12-22)32(25(33)27(28,29)30)17-20-13-15-23(35-2)16-14-20/h3-16H,17-18H2,1-2H3,(H,31,34)/b24-19+. The minimum Gasteiger partial charge on any atom is -0.497 e. The number of hydrogen-bond acceptors (Lipinski definition) is 4. The maximum Gasteiger partial charge on any atom is 0.471 e. The number of amides is 2. The van der Waals surface area contributed by atoms with E-state index in [1.807, 2.05) is 6.07 Å². The van der Waals surface area contributed by atoms with Crippen LogP contribution in [0.2, 0.25) is 0 Å². The molecule has 3 rings (SSSR count). The van der Waals surface area contributed by atoms with Crippen LogP contribution >= 0.6 is 0 Å². The molecule has 36 heavy (non-hydrogen) atoms. The van der Waals surface area contributed by atoms with Gasteiger partial charge in [0.15, 0.2) is 0 Å². The van der Waals surface area contributed by atoms with Crippen molar-refractivity contribution in [3.63, 3.8) is 0 Å². The molecule has 0 aromatic heterocycles. The molecule has 0 saturated heterocycles. The van der Waals surface area contributed by atoms with Crippen LogP contribution in [0.5, 0.6) is 5.75 Å². The van der Waals surface area contributed by atoms with Crippen molar-refractivity contribution >= 4 is 17.7 Å². The Labute approximate surface area is 206 Å². The van der Waals surface area contributed by atoms with E-state index in [2.05, 4.69) is 5.32 Å². The number of alkyl carbamates (subject to hydrolysis) is 1. The lowest BCUT2D eigenvalue weighted by atomic mass is 10.1. The van der Waals surface area contributed by atoms with Crippen molar-refractivity contribution in [3.8, 4) is 5.75 Å². The van der Waals surface area contributed by atoms with Crippen LogP contribution < -0.4 is 10.1 Å². The highest BCUT2D eigenvalue weighted by Crippen LogP contribution is 2.30. The first-order chi connectivity index (χ1) is 17.2. The van der Waals surface area contributed by atoms with E-state index in [9.17, 15) is 22.8 Å². The van der Waals surface area contributed by atoms with Crippen molar-refractivity contribution in [1.82, 2.24) is 10.2 Å². The summed E-state index contributed by atoms with van der Waals surface area (Å²) in [4.78, 5) is 25.7. The van der Waals surface area contributed by atoms with E-state index >= 15 is 0 Å². The monoisotopic (exact) mass is 498 g/mol. The van der Waals surface area contributed by atoms with Gasteiger partial charge < -0.3 is 9.47 Å². The molecule has 2 amide bonds. The zero-order valence-corrected chi connectivity index (χ0v) is 19.7. The van der Waals surface area contributed by atoms with Crippen LogP contribution in [0.25, 0.3) is 5.70 Å². The topological polar surface area (TPSA) is 67.9 Å². The molecule has 3 aromatic carbocycles. The van der Waals surface area contributed by atoms with Crippen LogP contribution in [-0.2, 0) is 22.7 Å². The van der Waals surface area contributed by atoms with Crippen LogP contribution in [-0.4, -0.2) is 30.2 Å². The minimum atomic E-state index is -5.15. The summed E-state index contributed by atoms with van der Waals surface area (Å²) in [7, 11) is 1.47. The van der Waals surface area contributed by atoms with Crippen molar-refractivity contribution in [2.75, 3.05) is 7.11 Å². The lowest BCUT2D eigenvalue weighted by Gasteiger charge is -2.28. The lowest BCUT2D eigenvalue weighted by Crippen LogP contribution is -2.41. The van der Waals surface area contributed by atoms with Crippen LogP contribution in [0.3, 0.4) is 0 Å². The molecule has 0 spiro atoms. The van der Waals surface area contributed by atoms with Crippen LogP contribution in [0.4, 0.5) is 18.0 Å². The quantitative estimate of drug-likeness (QED) is 0.420. The molecule has 9 heteroatoms. The summed E-state index contributed by atoms with van der Waals surface area (Å²) < 4.78 is 51.4. The maximum absolute atomic E-state index is 13.7. The number of methoxy groups -OCH3 is 1. The number of nitrogens with one attached hydrogen (secondary N) is 1. The maximum atomic E-state index is 13.7. The molecule has 0 aliphatic heterocycles. The Balaban J connectivity index is 1.97. The number of rotatable bonds is 8. The van der Waals surface area contributed by atoms with Gasteiger partial charge in [0.1, 0.15) is 12.4 Å². The number of carbonyl (C=O) groups is 2. The molecule has 0 heterocycles. The Hall–Kier alpha value is -4.27. The molecule has 0 bridgehead atoms. The molecule has 0 radical (unpaired) electrons. The van der Waals surface area contributed by atoms with Crippen molar-refractivity contribution in [1.29, 1.82) is 0 Å². The molecule has 0 fully saturated rings. The molecule has 0 unspecified atom stereocenters. The van der Waals surface area contributed by atoms with Gasteiger partial charge in [-0.3, -0.25) is 15.0 Å². The lowest BCUT2D eigenvalue weighted by molar-refractivity contribution is -0.182. The van der Waals surface area contributed by atoms with Gasteiger partial charge in [-0.25, -0.2) is 4.79 Å². The van der Waals surface area contributed by atoms with Gasteiger partial charge in [-0.15, -0.1) is 0 Å². The van der Waals surface area contributed by atoms with Gasteiger partial charge in [0.25, 0.3) is 0 Å². The third-order valence-corrected chi connectivity index (χ3v) is 5.16. The van der Waals surface area contributed by atoms with Crippen LogP contribution in [0.15, 0.2) is 90.6 Å². The summed E-state index contributed by atoms with van der Waals surface area (Å²) in [5, 5.41) is 2.48. The average Bonchev–Trinajstić information content (AvgIpc) is 2.87. The van der Waals surface area contributed by atoms with Crippen molar-refractivity contribution in [2.45, 2.75) is 26.3 Å². The second-order valence-electron chi connectivity index (χ2n) is 7.76. The highest BCUT2D eigenvalue weighted by molar-refractivity contribution is 5.92. The SMILES string of the molecule is COc1ccc(CN(C(=O)C(F)(F)F)/C(=C(\C)NC(=O)OCc2ccccc2)c2ccccc2)cc1. The van der Waals surface area contributed by atoms with Crippen LogP contribution in [0.1, 0.15) is 23.6 Å². The first-order valence-electron chi connectivity index (χ1n) is 10.9. The fourth-order valence-corrected chi connectivity index (χ4v) is 3.46. The second kappa shape index (κ2) is 11.9. The summed E-state index contributed by atoms with van der Waals surface area (Å²) in [6.07, 6.45) is -6.02. The number of nitrogens with zero attached hydrogens (tertiary/aromatic N) is 1. The number of ether oxygens (including phenoxy) is 2. The Morgan fingerprint density at radius 2 is 1.44 bits per heavy atom. The zero-order chi connectivity index (χ0) is 26.1. The van der Waals surface area contributed by atoms with Gasteiger partial charge >= 0.3 is 18.2 Å². The summed E-state index contributed by atoms with van der Waals surface area (Å²) in [5.74, 6) is -1.55.